The van der Waals surface area contributed by atoms with Gasteiger partial charge in [-0.05, 0) is 31.5 Å². The summed E-state index contributed by atoms with van der Waals surface area (Å²) in [6.07, 6.45) is -0.220. The van der Waals surface area contributed by atoms with E-state index in [-0.39, 0.29) is 18.2 Å². The molecule has 0 heterocycles. The summed E-state index contributed by atoms with van der Waals surface area (Å²) in [7, 11) is 1.58. The van der Waals surface area contributed by atoms with Gasteiger partial charge in [-0.3, -0.25) is 9.59 Å². The summed E-state index contributed by atoms with van der Waals surface area (Å²) in [5.74, 6) is 0.0418. The maximum Gasteiger partial charge on any atom is 0.233 e. The molecule has 0 spiro atoms. The summed E-state index contributed by atoms with van der Waals surface area (Å²) in [5, 5.41) is 5.50. The van der Waals surface area contributed by atoms with Gasteiger partial charge >= 0.3 is 0 Å². The van der Waals surface area contributed by atoms with Crippen LogP contribution >= 0.6 is 0 Å². The monoisotopic (exact) mass is 326 g/mol. The lowest BCUT2D eigenvalue weighted by Gasteiger charge is -2.11. The Morgan fingerprint density at radius 2 is 1.79 bits per heavy atom. The summed E-state index contributed by atoms with van der Waals surface area (Å²) in [6.45, 7) is 4.23. The van der Waals surface area contributed by atoms with Crippen molar-refractivity contribution in [2.75, 3.05) is 12.4 Å². The highest BCUT2D eigenvalue weighted by Crippen LogP contribution is 2.17. The largest absolute Gasteiger partial charge is 0.496 e. The molecule has 0 atom stereocenters. The van der Waals surface area contributed by atoms with Gasteiger partial charge in [0.15, 0.2) is 0 Å². The smallest absolute Gasteiger partial charge is 0.233 e. The number of hydrogen-bond acceptors (Lipinski definition) is 3. The van der Waals surface area contributed by atoms with E-state index in [1.54, 1.807) is 7.11 Å². The van der Waals surface area contributed by atoms with Crippen LogP contribution in [0.5, 0.6) is 5.75 Å². The van der Waals surface area contributed by atoms with Gasteiger partial charge < -0.3 is 15.4 Å². The number of ether oxygens (including phenoxy) is 1. The van der Waals surface area contributed by atoms with Crippen LogP contribution in [0.2, 0.25) is 0 Å². The predicted molar refractivity (Wildman–Crippen MR) is 94.0 cm³/mol. The minimum atomic E-state index is -0.334. The summed E-state index contributed by atoms with van der Waals surface area (Å²) in [4.78, 5) is 23.9. The van der Waals surface area contributed by atoms with Crippen molar-refractivity contribution in [1.82, 2.24) is 5.32 Å². The molecule has 0 fully saturated rings. The zero-order valence-corrected chi connectivity index (χ0v) is 14.2. The van der Waals surface area contributed by atoms with Crippen molar-refractivity contribution in [2.24, 2.45) is 0 Å². The fourth-order valence-corrected chi connectivity index (χ4v) is 2.40. The molecule has 0 radical (unpaired) electrons. The third-order valence-corrected chi connectivity index (χ3v) is 3.65. The van der Waals surface area contributed by atoms with Gasteiger partial charge in [0, 0.05) is 17.8 Å². The van der Waals surface area contributed by atoms with Crippen LogP contribution in [0.3, 0.4) is 0 Å². The Labute approximate surface area is 142 Å². The number of carbonyl (C=O) groups is 2. The van der Waals surface area contributed by atoms with Crippen LogP contribution in [0.15, 0.2) is 42.5 Å². The molecule has 2 aromatic rings. The molecule has 2 N–H and O–H groups in total. The standard InChI is InChI=1S/C19H22N2O3/c1-13-8-9-16(14(2)10-13)21-19(23)11-18(22)20-12-15-6-4-5-7-17(15)24-3/h4-10H,11-12H2,1-3H3,(H,20,22)(H,21,23). The van der Waals surface area contributed by atoms with Crippen molar-refractivity contribution >= 4 is 17.5 Å². The van der Waals surface area contributed by atoms with Crippen LogP contribution in [0.4, 0.5) is 5.69 Å². The van der Waals surface area contributed by atoms with Gasteiger partial charge in [0.2, 0.25) is 11.8 Å². The topological polar surface area (TPSA) is 67.4 Å². The van der Waals surface area contributed by atoms with Crippen LogP contribution in [0.25, 0.3) is 0 Å². The van der Waals surface area contributed by atoms with Gasteiger partial charge in [-0.2, -0.15) is 0 Å². The average molecular weight is 326 g/mol. The fraction of sp³-hybridized carbons (Fsp3) is 0.263. The molecule has 2 amide bonds. The van der Waals surface area contributed by atoms with E-state index >= 15 is 0 Å². The summed E-state index contributed by atoms with van der Waals surface area (Å²) >= 11 is 0. The van der Waals surface area contributed by atoms with Crippen LogP contribution in [0, 0.1) is 13.8 Å². The van der Waals surface area contributed by atoms with Crippen LogP contribution in [0.1, 0.15) is 23.1 Å². The van der Waals surface area contributed by atoms with Crippen molar-refractivity contribution in [1.29, 1.82) is 0 Å². The maximum absolute atomic E-state index is 12.0. The van der Waals surface area contributed by atoms with Crippen LogP contribution in [-0.2, 0) is 16.1 Å². The van der Waals surface area contributed by atoms with Crippen molar-refractivity contribution in [3.63, 3.8) is 0 Å². The Bertz CT molecular complexity index is 741. The molecular weight excluding hydrogens is 304 g/mol. The number of anilines is 1. The van der Waals surface area contributed by atoms with Gasteiger partial charge in [0.1, 0.15) is 12.2 Å². The van der Waals surface area contributed by atoms with Gasteiger partial charge in [-0.15, -0.1) is 0 Å². The number of rotatable bonds is 6. The van der Waals surface area contributed by atoms with Gasteiger partial charge in [-0.25, -0.2) is 0 Å². The second kappa shape index (κ2) is 8.15. The summed E-state index contributed by atoms with van der Waals surface area (Å²) < 4.78 is 5.23. The molecule has 0 unspecified atom stereocenters. The quantitative estimate of drug-likeness (QED) is 0.802. The third kappa shape index (κ3) is 4.84. The van der Waals surface area contributed by atoms with Gasteiger partial charge in [-0.1, -0.05) is 35.9 Å². The molecule has 126 valence electrons. The zero-order chi connectivity index (χ0) is 17.5. The highest BCUT2D eigenvalue weighted by Gasteiger charge is 2.11. The van der Waals surface area contributed by atoms with Gasteiger partial charge in [0.05, 0.1) is 7.11 Å². The van der Waals surface area contributed by atoms with E-state index in [1.165, 1.54) is 0 Å². The lowest BCUT2D eigenvalue weighted by Crippen LogP contribution is -2.28. The molecule has 0 saturated heterocycles. The molecule has 24 heavy (non-hydrogen) atoms. The molecule has 2 rings (SSSR count). The number of aryl methyl sites for hydroxylation is 2. The lowest BCUT2D eigenvalue weighted by molar-refractivity contribution is -0.126. The number of methoxy groups -OCH3 is 1. The normalized spacial score (nSPS) is 10.1. The first-order valence-electron chi connectivity index (χ1n) is 7.75. The second-order valence-electron chi connectivity index (χ2n) is 5.63. The first-order valence-corrected chi connectivity index (χ1v) is 7.75. The molecular formula is C19H22N2O3. The highest BCUT2D eigenvalue weighted by atomic mass is 16.5. The molecule has 2 aromatic carbocycles. The molecule has 0 aliphatic rings. The minimum absolute atomic E-state index is 0.220. The molecule has 0 saturated carbocycles. The Morgan fingerprint density at radius 3 is 2.50 bits per heavy atom. The van der Waals surface area contributed by atoms with E-state index in [0.717, 1.165) is 22.4 Å². The van der Waals surface area contributed by atoms with Crippen molar-refractivity contribution in [2.45, 2.75) is 26.8 Å². The first-order chi connectivity index (χ1) is 11.5. The molecule has 0 bridgehead atoms. The zero-order valence-electron chi connectivity index (χ0n) is 14.2. The number of carbonyl (C=O) groups excluding carboxylic acids is 2. The second-order valence-corrected chi connectivity index (χ2v) is 5.63. The van der Waals surface area contributed by atoms with Crippen molar-refractivity contribution in [3.8, 4) is 5.75 Å². The predicted octanol–water partition coefficient (Wildman–Crippen LogP) is 2.96. The van der Waals surface area contributed by atoms with Crippen LogP contribution < -0.4 is 15.4 Å². The number of hydrogen-bond donors (Lipinski definition) is 2. The van der Waals surface area contributed by atoms with Crippen molar-refractivity contribution in [3.05, 3.63) is 59.2 Å². The minimum Gasteiger partial charge on any atom is -0.496 e. The van der Waals surface area contributed by atoms with E-state index < -0.39 is 0 Å². The number of benzene rings is 2. The molecule has 5 heteroatoms. The SMILES string of the molecule is COc1ccccc1CNC(=O)CC(=O)Nc1ccc(C)cc1C. The van der Waals surface area contributed by atoms with E-state index in [9.17, 15) is 9.59 Å². The van der Waals surface area contributed by atoms with E-state index in [1.807, 2.05) is 56.3 Å². The lowest BCUT2D eigenvalue weighted by atomic mass is 10.1. The highest BCUT2D eigenvalue weighted by molar-refractivity contribution is 6.03. The van der Waals surface area contributed by atoms with E-state index in [4.69, 9.17) is 4.74 Å². The molecule has 0 aliphatic heterocycles. The fourth-order valence-electron chi connectivity index (χ4n) is 2.40. The van der Waals surface area contributed by atoms with Crippen molar-refractivity contribution < 1.29 is 14.3 Å². The maximum atomic E-state index is 12.0. The van der Waals surface area contributed by atoms with E-state index in [2.05, 4.69) is 10.6 Å². The summed E-state index contributed by atoms with van der Waals surface area (Å²) in [5.41, 5.74) is 3.68. The average Bonchev–Trinajstić information content (AvgIpc) is 2.55. The van der Waals surface area contributed by atoms with Gasteiger partial charge in [0.25, 0.3) is 0 Å². The number of nitrogens with one attached hydrogen (secondary N) is 2. The Morgan fingerprint density at radius 1 is 1.04 bits per heavy atom. The Balaban J connectivity index is 1.86. The van der Waals surface area contributed by atoms with Crippen LogP contribution in [-0.4, -0.2) is 18.9 Å². The summed E-state index contributed by atoms with van der Waals surface area (Å²) in [6, 6.07) is 13.2. The Hall–Kier alpha value is -2.82. The Kier molecular flexibility index (Phi) is 5.95. The molecule has 5 nitrogen and oxygen atoms in total. The third-order valence-electron chi connectivity index (χ3n) is 3.65. The number of para-hydroxylation sites is 1. The van der Waals surface area contributed by atoms with E-state index in [0.29, 0.717) is 12.3 Å². The molecule has 0 aliphatic carbocycles. The molecule has 0 aromatic heterocycles. The first kappa shape index (κ1) is 17.5. The number of amides is 2.